The van der Waals surface area contributed by atoms with Crippen LogP contribution in [0.25, 0.3) is 0 Å². The summed E-state index contributed by atoms with van der Waals surface area (Å²) >= 11 is 6.22. The van der Waals surface area contributed by atoms with Gasteiger partial charge in [-0.15, -0.1) is 0 Å². The molecule has 0 aromatic heterocycles. The molecule has 2 aromatic rings. The summed E-state index contributed by atoms with van der Waals surface area (Å²) in [6.07, 6.45) is 2.14. The van der Waals surface area contributed by atoms with Crippen LogP contribution in [0.15, 0.2) is 48.5 Å². The van der Waals surface area contributed by atoms with Crippen molar-refractivity contribution in [3.05, 3.63) is 64.9 Å². The van der Waals surface area contributed by atoms with Gasteiger partial charge in [0.2, 0.25) is 11.8 Å². The normalized spacial score (nSPS) is 19.4. The third kappa shape index (κ3) is 3.83. The number of carbonyl (C=O) groups excluding carboxylic acids is 2. The Morgan fingerprint density at radius 1 is 1.15 bits per heavy atom. The van der Waals surface area contributed by atoms with Gasteiger partial charge in [-0.2, -0.15) is 0 Å². The molecule has 0 N–H and O–H groups in total. The molecule has 1 aliphatic heterocycles. The van der Waals surface area contributed by atoms with Crippen LogP contribution >= 0.6 is 11.6 Å². The van der Waals surface area contributed by atoms with Gasteiger partial charge in [0.1, 0.15) is 5.82 Å². The molecule has 0 spiro atoms. The second kappa shape index (κ2) is 7.31. The van der Waals surface area contributed by atoms with Crippen molar-refractivity contribution in [2.24, 2.45) is 5.92 Å². The number of carbonyl (C=O) groups is 2. The molecule has 1 heterocycles. The van der Waals surface area contributed by atoms with Crippen LogP contribution in [0.4, 0.5) is 10.1 Å². The van der Waals surface area contributed by atoms with Crippen molar-refractivity contribution in [1.82, 2.24) is 4.90 Å². The summed E-state index contributed by atoms with van der Waals surface area (Å²) in [6, 6.07) is 13.6. The lowest BCUT2D eigenvalue weighted by Gasteiger charge is -2.26. The molecule has 2 aromatic carbocycles. The molecule has 140 valence electrons. The molecule has 0 radical (unpaired) electrons. The van der Waals surface area contributed by atoms with Gasteiger partial charge in [0.25, 0.3) is 0 Å². The van der Waals surface area contributed by atoms with E-state index >= 15 is 0 Å². The minimum atomic E-state index is -0.380. The number of para-hydroxylation sites is 1. The summed E-state index contributed by atoms with van der Waals surface area (Å²) in [5, 5.41) is 0.504. The summed E-state index contributed by atoms with van der Waals surface area (Å²) in [5.41, 5.74) is 1.54. The first-order valence-electron chi connectivity index (χ1n) is 9.13. The van der Waals surface area contributed by atoms with E-state index in [1.807, 2.05) is 17.0 Å². The highest BCUT2D eigenvalue weighted by atomic mass is 35.5. The van der Waals surface area contributed by atoms with Crippen molar-refractivity contribution >= 4 is 29.1 Å². The van der Waals surface area contributed by atoms with Gasteiger partial charge in [0.15, 0.2) is 0 Å². The Hall–Kier alpha value is -2.40. The summed E-state index contributed by atoms with van der Waals surface area (Å²) < 4.78 is 13.1. The fourth-order valence-corrected chi connectivity index (χ4v) is 3.81. The minimum absolute atomic E-state index is 0.00951. The predicted octanol–water partition coefficient (Wildman–Crippen LogP) is 4.02. The quantitative estimate of drug-likeness (QED) is 0.778. The Labute approximate surface area is 162 Å². The fraction of sp³-hybridized carbons (Fsp3) is 0.333. The first-order chi connectivity index (χ1) is 13.0. The highest BCUT2D eigenvalue weighted by Gasteiger charge is 2.41. The van der Waals surface area contributed by atoms with Gasteiger partial charge < -0.3 is 9.80 Å². The van der Waals surface area contributed by atoms with Crippen molar-refractivity contribution in [3.63, 3.8) is 0 Å². The van der Waals surface area contributed by atoms with Crippen molar-refractivity contribution < 1.29 is 14.0 Å². The number of nitrogens with zero attached hydrogens (tertiary/aromatic N) is 2. The topological polar surface area (TPSA) is 40.6 Å². The molecule has 1 saturated heterocycles. The number of benzene rings is 2. The van der Waals surface area contributed by atoms with E-state index in [1.54, 1.807) is 29.2 Å². The number of anilines is 1. The van der Waals surface area contributed by atoms with Gasteiger partial charge in [0.05, 0.1) is 16.6 Å². The summed E-state index contributed by atoms with van der Waals surface area (Å²) in [5.74, 6) is -0.765. The number of hydrogen-bond acceptors (Lipinski definition) is 2. The van der Waals surface area contributed by atoms with E-state index in [0.29, 0.717) is 23.8 Å². The van der Waals surface area contributed by atoms with E-state index in [2.05, 4.69) is 0 Å². The Morgan fingerprint density at radius 3 is 2.52 bits per heavy atom. The van der Waals surface area contributed by atoms with Crippen LogP contribution in [0.3, 0.4) is 0 Å². The molecule has 1 unspecified atom stereocenters. The third-order valence-corrected chi connectivity index (χ3v) is 5.47. The van der Waals surface area contributed by atoms with Crippen molar-refractivity contribution in [2.75, 3.05) is 11.4 Å². The van der Waals surface area contributed by atoms with Crippen LogP contribution < -0.4 is 4.90 Å². The second-order valence-electron chi connectivity index (χ2n) is 7.18. The lowest BCUT2D eigenvalue weighted by Crippen LogP contribution is -2.38. The van der Waals surface area contributed by atoms with Gasteiger partial charge in [-0.25, -0.2) is 4.39 Å². The van der Waals surface area contributed by atoms with E-state index in [0.717, 1.165) is 18.4 Å². The Kier molecular flexibility index (Phi) is 4.87. The van der Waals surface area contributed by atoms with E-state index in [9.17, 15) is 14.0 Å². The first-order valence-corrected chi connectivity index (χ1v) is 9.50. The monoisotopic (exact) mass is 386 g/mol. The van der Waals surface area contributed by atoms with Gasteiger partial charge in [-0.05, 0) is 42.7 Å². The maximum Gasteiger partial charge on any atom is 0.228 e. The number of hydrogen-bond donors (Lipinski definition) is 0. The Balaban J connectivity index is 1.50. The lowest BCUT2D eigenvalue weighted by atomic mass is 10.1. The smallest absolute Gasteiger partial charge is 0.228 e. The van der Waals surface area contributed by atoms with Crippen LogP contribution in [0.5, 0.6) is 0 Å². The Morgan fingerprint density at radius 2 is 1.85 bits per heavy atom. The van der Waals surface area contributed by atoms with Crippen molar-refractivity contribution in [1.29, 1.82) is 0 Å². The number of rotatable bonds is 5. The van der Waals surface area contributed by atoms with E-state index in [-0.39, 0.29) is 36.0 Å². The zero-order valence-corrected chi connectivity index (χ0v) is 15.5. The molecule has 1 saturated carbocycles. The molecule has 4 nitrogen and oxygen atoms in total. The molecule has 0 bridgehead atoms. The molecule has 4 rings (SSSR count). The van der Waals surface area contributed by atoms with E-state index in [1.165, 1.54) is 12.1 Å². The zero-order chi connectivity index (χ0) is 19.0. The molecule has 1 aliphatic carbocycles. The molecular formula is C21H20ClFN2O2. The zero-order valence-electron chi connectivity index (χ0n) is 14.8. The second-order valence-corrected chi connectivity index (χ2v) is 7.59. The maximum atomic E-state index is 13.1. The molecule has 2 aliphatic rings. The van der Waals surface area contributed by atoms with Crippen molar-refractivity contribution in [2.45, 2.75) is 31.8 Å². The summed E-state index contributed by atoms with van der Waals surface area (Å²) in [4.78, 5) is 29.1. The van der Waals surface area contributed by atoms with E-state index in [4.69, 9.17) is 11.6 Å². The summed E-state index contributed by atoms with van der Waals surface area (Å²) in [6.45, 7) is 0.786. The van der Waals surface area contributed by atoms with Gasteiger partial charge in [-0.3, -0.25) is 9.59 Å². The fourth-order valence-electron chi connectivity index (χ4n) is 3.57. The van der Waals surface area contributed by atoms with Crippen LogP contribution in [0.2, 0.25) is 5.02 Å². The third-order valence-electron chi connectivity index (χ3n) is 5.15. The first kappa shape index (κ1) is 18.0. The SMILES string of the molecule is O=C1CC(C(=O)N(Cc2ccc(F)cc2)C2CC2)CN1c1ccccc1Cl. The van der Waals surface area contributed by atoms with E-state index < -0.39 is 0 Å². The molecule has 1 atom stereocenters. The number of amides is 2. The van der Waals surface area contributed by atoms with Crippen LogP contribution in [-0.2, 0) is 16.1 Å². The van der Waals surface area contributed by atoms with Crippen LogP contribution in [0.1, 0.15) is 24.8 Å². The highest BCUT2D eigenvalue weighted by molar-refractivity contribution is 6.33. The van der Waals surface area contributed by atoms with Crippen molar-refractivity contribution in [3.8, 4) is 0 Å². The highest BCUT2D eigenvalue weighted by Crippen LogP contribution is 2.35. The molecule has 27 heavy (non-hydrogen) atoms. The average Bonchev–Trinajstić information content (AvgIpc) is 3.43. The maximum absolute atomic E-state index is 13.1. The van der Waals surface area contributed by atoms with Gasteiger partial charge >= 0.3 is 0 Å². The molecule has 2 amide bonds. The largest absolute Gasteiger partial charge is 0.335 e. The summed E-state index contributed by atoms with van der Waals surface area (Å²) in [7, 11) is 0. The number of halogens is 2. The average molecular weight is 387 g/mol. The van der Waals surface area contributed by atoms with Gasteiger partial charge in [-0.1, -0.05) is 35.9 Å². The Bertz CT molecular complexity index is 867. The predicted molar refractivity (Wildman–Crippen MR) is 102 cm³/mol. The standard InChI is InChI=1S/C21H20ClFN2O2/c22-18-3-1-2-4-19(18)25-13-15(11-20(25)26)21(27)24(17-9-10-17)12-14-5-7-16(23)8-6-14/h1-8,15,17H,9-13H2. The van der Waals surface area contributed by atoms with Crippen LogP contribution in [0, 0.1) is 11.7 Å². The van der Waals surface area contributed by atoms with Crippen LogP contribution in [-0.4, -0.2) is 29.3 Å². The molecular weight excluding hydrogens is 367 g/mol. The lowest BCUT2D eigenvalue weighted by molar-refractivity contribution is -0.137. The minimum Gasteiger partial charge on any atom is -0.335 e. The molecule has 2 fully saturated rings. The van der Waals surface area contributed by atoms with Gasteiger partial charge in [0, 0.05) is 25.6 Å². The molecule has 6 heteroatoms.